The van der Waals surface area contributed by atoms with E-state index in [9.17, 15) is 4.39 Å². The van der Waals surface area contributed by atoms with Gasteiger partial charge in [-0.05, 0) is 48.9 Å². The van der Waals surface area contributed by atoms with E-state index >= 15 is 0 Å². The highest BCUT2D eigenvalue weighted by atomic mass is 19.1. The van der Waals surface area contributed by atoms with Gasteiger partial charge >= 0.3 is 0 Å². The van der Waals surface area contributed by atoms with Crippen molar-refractivity contribution in [2.75, 3.05) is 7.11 Å². The molecule has 0 radical (unpaired) electrons. The van der Waals surface area contributed by atoms with Crippen LogP contribution in [0.5, 0.6) is 5.75 Å². The summed E-state index contributed by atoms with van der Waals surface area (Å²) in [6.07, 6.45) is 1.71. The van der Waals surface area contributed by atoms with E-state index in [-0.39, 0.29) is 5.75 Å². The lowest BCUT2D eigenvalue weighted by molar-refractivity contribution is 0.386. The molecule has 0 N–H and O–H groups in total. The molecule has 0 unspecified atom stereocenters. The van der Waals surface area contributed by atoms with Gasteiger partial charge in [-0.3, -0.25) is 4.98 Å². The number of aryl methyl sites for hydroxylation is 1. The normalized spacial score (nSPS) is 10.9. The molecule has 0 atom stereocenters. The quantitative estimate of drug-likeness (QED) is 0.534. The van der Waals surface area contributed by atoms with E-state index in [1.807, 2.05) is 43.3 Å². The molecule has 5 heteroatoms. The number of nitrogens with zero attached hydrogens (tertiary/aromatic N) is 3. The number of fused-ring (bicyclic) bond motifs is 1. The number of pyridine rings is 1. The zero-order valence-corrected chi connectivity index (χ0v) is 14.4. The van der Waals surface area contributed by atoms with E-state index in [1.54, 1.807) is 18.3 Å². The largest absolute Gasteiger partial charge is 0.494 e. The molecule has 128 valence electrons. The number of benzene rings is 2. The average molecular weight is 345 g/mol. The highest BCUT2D eigenvalue weighted by Gasteiger charge is 2.11. The second kappa shape index (κ2) is 6.52. The summed E-state index contributed by atoms with van der Waals surface area (Å²) in [6, 6.07) is 16.4. The van der Waals surface area contributed by atoms with Gasteiger partial charge in [0.15, 0.2) is 11.6 Å². The molecule has 26 heavy (non-hydrogen) atoms. The van der Waals surface area contributed by atoms with Crippen LogP contribution in [0.25, 0.3) is 33.7 Å². The van der Waals surface area contributed by atoms with Crippen molar-refractivity contribution in [3.05, 3.63) is 72.2 Å². The smallest absolute Gasteiger partial charge is 0.165 e. The van der Waals surface area contributed by atoms with Crippen molar-refractivity contribution in [3.63, 3.8) is 0 Å². The fourth-order valence-corrected chi connectivity index (χ4v) is 2.86. The van der Waals surface area contributed by atoms with Crippen molar-refractivity contribution in [1.29, 1.82) is 0 Å². The van der Waals surface area contributed by atoms with Gasteiger partial charge in [-0.1, -0.05) is 18.2 Å². The zero-order chi connectivity index (χ0) is 18.1. The second-order valence-electron chi connectivity index (χ2n) is 5.96. The monoisotopic (exact) mass is 345 g/mol. The van der Waals surface area contributed by atoms with Crippen LogP contribution in [0, 0.1) is 12.7 Å². The average Bonchev–Trinajstić information content (AvgIpc) is 2.68. The lowest BCUT2D eigenvalue weighted by Gasteiger charge is -2.10. The van der Waals surface area contributed by atoms with Crippen LogP contribution in [0.4, 0.5) is 4.39 Å². The topological polar surface area (TPSA) is 47.9 Å². The first-order valence-electron chi connectivity index (χ1n) is 8.19. The first kappa shape index (κ1) is 16.1. The molecular weight excluding hydrogens is 329 g/mol. The molecule has 2 aromatic carbocycles. The van der Waals surface area contributed by atoms with E-state index in [2.05, 4.69) is 9.97 Å². The van der Waals surface area contributed by atoms with Crippen molar-refractivity contribution < 1.29 is 9.13 Å². The summed E-state index contributed by atoms with van der Waals surface area (Å²) in [5, 5.41) is 0. The molecular formula is C21H16FN3O. The molecule has 0 fully saturated rings. The third-order valence-corrected chi connectivity index (χ3v) is 4.23. The minimum Gasteiger partial charge on any atom is -0.494 e. The highest BCUT2D eigenvalue weighted by molar-refractivity contribution is 5.77. The summed E-state index contributed by atoms with van der Waals surface area (Å²) in [5.41, 5.74) is 5.37. The van der Waals surface area contributed by atoms with Gasteiger partial charge in [-0.15, -0.1) is 0 Å². The van der Waals surface area contributed by atoms with Crippen LogP contribution in [-0.4, -0.2) is 22.1 Å². The van der Waals surface area contributed by atoms with Crippen LogP contribution >= 0.6 is 0 Å². The number of halogens is 1. The molecule has 2 aromatic heterocycles. The Morgan fingerprint density at radius 3 is 2.46 bits per heavy atom. The standard InChI is InChI=1S/C21H16FN3O/c1-13-7-9-18(19-12-23-16-5-3-4-6-17(16)24-19)25-21(13)14-8-10-20(26-2)15(22)11-14/h3-12H,1-2H3. The van der Waals surface area contributed by atoms with Gasteiger partial charge in [0.25, 0.3) is 0 Å². The molecule has 0 aliphatic heterocycles. The lowest BCUT2D eigenvalue weighted by Crippen LogP contribution is -1.96. The highest BCUT2D eigenvalue weighted by Crippen LogP contribution is 2.28. The second-order valence-corrected chi connectivity index (χ2v) is 5.96. The maximum absolute atomic E-state index is 14.1. The first-order valence-corrected chi connectivity index (χ1v) is 8.19. The van der Waals surface area contributed by atoms with E-state index in [4.69, 9.17) is 9.72 Å². The lowest BCUT2D eigenvalue weighted by atomic mass is 10.1. The summed E-state index contributed by atoms with van der Waals surface area (Å²) in [4.78, 5) is 13.8. The van der Waals surface area contributed by atoms with Crippen molar-refractivity contribution in [2.45, 2.75) is 6.92 Å². The van der Waals surface area contributed by atoms with Crippen LogP contribution < -0.4 is 4.74 Å². The Hall–Kier alpha value is -3.34. The van der Waals surface area contributed by atoms with Gasteiger partial charge in [-0.2, -0.15) is 0 Å². The van der Waals surface area contributed by atoms with Gasteiger partial charge in [0.05, 0.1) is 35.7 Å². The van der Waals surface area contributed by atoms with Gasteiger partial charge in [0.2, 0.25) is 0 Å². The maximum atomic E-state index is 14.1. The Bertz CT molecular complexity index is 1110. The molecule has 0 aliphatic carbocycles. The van der Waals surface area contributed by atoms with Gasteiger partial charge in [-0.25, -0.2) is 14.4 Å². The van der Waals surface area contributed by atoms with Gasteiger partial charge < -0.3 is 4.74 Å². The Labute approximate surface area is 150 Å². The first-order chi connectivity index (χ1) is 12.7. The van der Waals surface area contributed by atoms with E-state index in [1.165, 1.54) is 13.2 Å². The van der Waals surface area contributed by atoms with Crippen molar-refractivity contribution in [3.8, 4) is 28.4 Å². The van der Waals surface area contributed by atoms with E-state index in [0.717, 1.165) is 16.6 Å². The van der Waals surface area contributed by atoms with Crippen LogP contribution in [0.3, 0.4) is 0 Å². The maximum Gasteiger partial charge on any atom is 0.165 e. The Morgan fingerprint density at radius 2 is 1.69 bits per heavy atom. The Balaban J connectivity index is 1.81. The minimum atomic E-state index is -0.415. The van der Waals surface area contributed by atoms with Gasteiger partial charge in [0.1, 0.15) is 5.69 Å². The Morgan fingerprint density at radius 1 is 0.885 bits per heavy atom. The predicted molar refractivity (Wildman–Crippen MR) is 99.5 cm³/mol. The summed E-state index contributed by atoms with van der Waals surface area (Å²) >= 11 is 0. The molecule has 0 aliphatic rings. The molecule has 2 heterocycles. The molecule has 0 amide bonds. The number of rotatable bonds is 3. The molecule has 0 spiro atoms. The number of hydrogen-bond donors (Lipinski definition) is 0. The number of hydrogen-bond acceptors (Lipinski definition) is 4. The van der Waals surface area contributed by atoms with Crippen LogP contribution in [-0.2, 0) is 0 Å². The number of aromatic nitrogens is 3. The van der Waals surface area contributed by atoms with Crippen LogP contribution in [0.2, 0.25) is 0 Å². The summed E-state index contributed by atoms with van der Waals surface area (Å²) < 4.78 is 19.1. The number of para-hydroxylation sites is 2. The number of methoxy groups -OCH3 is 1. The predicted octanol–water partition coefficient (Wildman–Crippen LogP) is 4.81. The fraction of sp³-hybridized carbons (Fsp3) is 0.0952. The van der Waals surface area contributed by atoms with E-state index in [0.29, 0.717) is 22.6 Å². The van der Waals surface area contributed by atoms with Crippen LogP contribution in [0.15, 0.2) is 60.8 Å². The molecule has 4 aromatic rings. The third-order valence-electron chi connectivity index (χ3n) is 4.23. The van der Waals surface area contributed by atoms with Crippen molar-refractivity contribution in [1.82, 2.24) is 15.0 Å². The molecule has 0 saturated carbocycles. The third kappa shape index (κ3) is 2.88. The van der Waals surface area contributed by atoms with Crippen molar-refractivity contribution >= 4 is 11.0 Å². The van der Waals surface area contributed by atoms with E-state index < -0.39 is 5.82 Å². The Kier molecular flexibility index (Phi) is 4.05. The fourth-order valence-electron chi connectivity index (χ4n) is 2.86. The zero-order valence-electron chi connectivity index (χ0n) is 14.4. The SMILES string of the molecule is COc1ccc(-c2nc(-c3cnc4ccccc4n3)ccc2C)cc1F. The number of ether oxygens (including phenoxy) is 1. The minimum absolute atomic E-state index is 0.211. The molecule has 0 saturated heterocycles. The molecule has 4 nitrogen and oxygen atoms in total. The van der Waals surface area contributed by atoms with Crippen LogP contribution in [0.1, 0.15) is 5.56 Å². The van der Waals surface area contributed by atoms with Gasteiger partial charge in [0, 0.05) is 5.56 Å². The molecule has 0 bridgehead atoms. The summed E-state index contributed by atoms with van der Waals surface area (Å²) in [5.74, 6) is -0.204. The summed E-state index contributed by atoms with van der Waals surface area (Å²) in [6.45, 7) is 1.94. The van der Waals surface area contributed by atoms with Crippen molar-refractivity contribution in [2.24, 2.45) is 0 Å². The summed E-state index contributed by atoms with van der Waals surface area (Å²) in [7, 11) is 1.45. The molecule has 4 rings (SSSR count).